The number of methoxy groups -OCH3 is 2. The fourth-order valence-electron chi connectivity index (χ4n) is 2.04. The van der Waals surface area contributed by atoms with Crippen molar-refractivity contribution < 1.29 is 14.0 Å². The van der Waals surface area contributed by atoms with Crippen LogP contribution in [0.25, 0.3) is 11.4 Å². The molecule has 6 heteroatoms. The van der Waals surface area contributed by atoms with Gasteiger partial charge in [-0.2, -0.15) is 4.98 Å². The van der Waals surface area contributed by atoms with Gasteiger partial charge < -0.3 is 19.7 Å². The SMILES string of the molecule is COc1cc(C)c(OC)c(-c2noc(CN)n2)c1C. The number of hydrogen-bond donors (Lipinski definition) is 1. The molecule has 0 atom stereocenters. The molecule has 2 rings (SSSR count). The molecule has 0 fully saturated rings. The molecule has 1 aromatic carbocycles. The van der Waals surface area contributed by atoms with Crippen molar-refractivity contribution in [3.8, 4) is 22.9 Å². The first kappa shape index (κ1) is 13.4. The van der Waals surface area contributed by atoms with Crippen molar-refractivity contribution in [3.05, 3.63) is 23.1 Å². The summed E-state index contributed by atoms with van der Waals surface area (Å²) >= 11 is 0. The molecule has 2 N–H and O–H groups in total. The van der Waals surface area contributed by atoms with Crippen LogP contribution in [0.2, 0.25) is 0 Å². The third-order valence-electron chi connectivity index (χ3n) is 2.97. The van der Waals surface area contributed by atoms with E-state index < -0.39 is 0 Å². The van der Waals surface area contributed by atoms with Gasteiger partial charge in [-0.1, -0.05) is 5.16 Å². The highest BCUT2D eigenvalue weighted by Gasteiger charge is 2.20. The van der Waals surface area contributed by atoms with E-state index in [2.05, 4.69) is 10.1 Å². The van der Waals surface area contributed by atoms with Crippen LogP contribution in [-0.4, -0.2) is 24.4 Å². The standard InChI is InChI=1S/C13H17N3O3/c1-7-5-9(17-3)8(2)11(12(7)18-4)13-15-10(6-14)19-16-13/h5H,6,14H2,1-4H3. The van der Waals surface area contributed by atoms with Gasteiger partial charge >= 0.3 is 0 Å². The molecule has 0 amide bonds. The van der Waals surface area contributed by atoms with Gasteiger partial charge in [0.05, 0.1) is 26.3 Å². The van der Waals surface area contributed by atoms with Crippen LogP contribution in [0.5, 0.6) is 11.5 Å². The summed E-state index contributed by atoms with van der Waals surface area (Å²) in [6.45, 7) is 4.07. The molecule has 6 nitrogen and oxygen atoms in total. The highest BCUT2D eigenvalue weighted by atomic mass is 16.5. The zero-order valence-corrected chi connectivity index (χ0v) is 11.5. The molecule has 0 aliphatic rings. The maximum Gasteiger partial charge on any atom is 0.240 e. The summed E-state index contributed by atoms with van der Waals surface area (Å²) in [5.41, 5.74) is 8.09. The van der Waals surface area contributed by atoms with E-state index in [1.807, 2.05) is 19.9 Å². The van der Waals surface area contributed by atoms with Gasteiger partial charge in [0, 0.05) is 5.56 Å². The van der Waals surface area contributed by atoms with Crippen LogP contribution >= 0.6 is 0 Å². The summed E-state index contributed by atoms with van der Waals surface area (Å²) in [5, 5.41) is 3.94. The second-order valence-electron chi connectivity index (χ2n) is 4.14. The molecule has 0 saturated heterocycles. The number of nitrogens with two attached hydrogens (primary N) is 1. The van der Waals surface area contributed by atoms with Crippen LogP contribution in [0, 0.1) is 13.8 Å². The van der Waals surface area contributed by atoms with Crippen molar-refractivity contribution in [1.82, 2.24) is 10.1 Å². The largest absolute Gasteiger partial charge is 0.496 e. The Bertz CT molecular complexity index is 593. The van der Waals surface area contributed by atoms with Gasteiger partial charge in [-0.15, -0.1) is 0 Å². The molecule has 0 bridgehead atoms. The minimum Gasteiger partial charge on any atom is -0.496 e. The smallest absolute Gasteiger partial charge is 0.240 e. The Kier molecular flexibility index (Phi) is 3.71. The maximum atomic E-state index is 5.48. The third kappa shape index (κ3) is 2.26. The average molecular weight is 263 g/mol. The van der Waals surface area contributed by atoms with Crippen molar-refractivity contribution >= 4 is 0 Å². The van der Waals surface area contributed by atoms with E-state index in [1.54, 1.807) is 14.2 Å². The molecule has 0 aliphatic carbocycles. The molecule has 0 aliphatic heterocycles. The van der Waals surface area contributed by atoms with Crippen LogP contribution in [-0.2, 0) is 6.54 Å². The van der Waals surface area contributed by atoms with Crippen LogP contribution in [0.15, 0.2) is 10.6 Å². The number of hydrogen-bond acceptors (Lipinski definition) is 6. The number of ether oxygens (including phenoxy) is 2. The second kappa shape index (κ2) is 5.27. The predicted molar refractivity (Wildman–Crippen MR) is 70.2 cm³/mol. The Hall–Kier alpha value is -2.08. The minimum atomic E-state index is 0.206. The third-order valence-corrected chi connectivity index (χ3v) is 2.97. The molecule has 19 heavy (non-hydrogen) atoms. The summed E-state index contributed by atoms with van der Waals surface area (Å²) in [6, 6.07) is 1.92. The molecule has 102 valence electrons. The molecular weight excluding hydrogens is 246 g/mol. The Morgan fingerprint density at radius 3 is 2.53 bits per heavy atom. The lowest BCUT2D eigenvalue weighted by atomic mass is 10.0. The molecule has 0 unspecified atom stereocenters. The van der Waals surface area contributed by atoms with E-state index in [1.165, 1.54) is 0 Å². The minimum absolute atomic E-state index is 0.206. The van der Waals surface area contributed by atoms with Crippen LogP contribution in [0.4, 0.5) is 0 Å². The molecule has 0 spiro atoms. The van der Waals surface area contributed by atoms with Gasteiger partial charge in [-0.3, -0.25) is 0 Å². The fraction of sp³-hybridized carbons (Fsp3) is 0.385. The monoisotopic (exact) mass is 263 g/mol. The van der Waals surface area contributed by atoms with Gasteiger partial charge in [0.15, 0.2) is 0 Å². The lowest BCUT2D eigenvalue weighted by molar-refractivity contribution is 0.379. The summed E-state index contributed by atoms with van der Waals surface area (Å²) < 4.78 is 15.9. The lowest BCUT2D eigenvalue weighted by Crippen LogP contribution is -1.99. The number of aromatic nitrogens is 2. The van der Waals surface area contributed by atoms with E-state index in [0.29, 0.717) is 17.5 Å². The molecule has 0 saturated carbocycles. The van der Waals surface area contributed by atoms with Crippen molar-refractivity contribution in [2.45, 2.75) is 20.4 Å². The molecule has 0 radical (unpaired) electrons. The predicted octanol–water partition coefficient (Wildman–Crippen LogP) is 1.83. The highest BCUT2D eigenvalue weighted by molar-refractivity contribution is 5.73. The summed E-state index contributed by atoms with van der Waals surface area (Å²) in [4.78, 5) is 4.25. The van der Waals surface area contributed by atoms with Crippen molar-refractivity contribution in [3.63, 3.8) is 0 Å². The number of rotatable bonds is 4. The van der Waals surface area contributed by atoms with Gasteiger partial charge in [-0.25, -0.2) is 0 Å². The number of benzene rings is 1. The molecule has 2 aromatic rings. The molecule has 1 aromatic heterocycles. The average Bonchev–Trinajstić information content (AvgIpc) is 2.88. The summed E-state index contributed by atoms with van der Waals surface area (Å²) in [7, 11) is 3.24. The van der Waals surface area contributed by atoms with Crippen molar-refractivity contribution in [2.75, 3.05) is 14.2 Å². The van der Waals surface area contributed by atoms with Gasteiger partial charge in [0.25, 0.3) is 0 Å². The molecular formula is C13H17N3O3. The zero-order chi connectivity index (χ0) is 14.0. The van der Waals surface area contributed by atoms with E-state index in [0.717, 1.165) is 22.4 Å². The molecule has 1 heterocycles. The van der Waals surface area contributed by atoms with E-state index in [9.17, 15) is 0 Å². The Morgan fingerprint density at radius 1 is 1.26 bits per heavy atom. The maximum absolute atomic E-state index is 5.48. The Balaban J connectivity index is 2.68. The zero-order valence-electron chi connectivity index (χ0n) is 11.5. The van der Waals surface area contributed by atoms with E-state index in [4.69, 9.17) is 19.7 Å². The first-order valence-corrected chi connectivity index (χ1v) is 5.87. The van der Waals surface area contributed by atoms with Gasteiger partial charge in [0.1, 0.15) is 11.5 Å². The summed E-state index contributed by atoms with van der Waals surface area (Å²) in [6.07, 6.45) is 0. The van der Waals surface area contributed by atoms with Gasteiger partial charge in [0.2, 0.25) is 11.7 Å². The van der Waals surface area contributed by atoms with Gasteiger partial charge in [-0.05, 0) is 25.5 Å². The van der Waals surface area contributed by atoms with E-state index >= 15 is 0 Å². The Labute approximate surface area is 111 Å². The second-order valence-corrected chi connectivity index (χ2v) is 4.14. The summed E-state index contributed by atoms with van der Waals surface area (Å²) in [5.74, 6) is 2.31. The van der Waals surface area contributed by atoms with Crippen molar-refractivity contribution in [2.24, 2.45) is 5.73 Å². The quantitative estimate of drug-likeness (QED) is 0.906. The normalized spacial score (nSPS) is 10.6. The first-order valence-electron chi connectivity index (χ1n) is 5.87. The van der Waals surface area contributed by atoms with Crippen LogP contribution in [0.3, 0.4) is 0 Å². The first-order chi connectivity index (χ1) is 9.12. The topological polar surface area (TPSA) is 83.4 Å². The van der Waals surface area contributed by atoms with Crippen LogP contribution in [0.1, 0.15) is 17.0 Å². The Morgan fingerprint density at radius 2 is 2.00 bits per heavy atom. The van der Waals surface area contributed by atoms with Crippen molar-refractivity contribution in [1.29, 1.82) is 0 Å². The van der Waals surface area contributed by atoms with Crippen LogP contribution < -0.4 is 15.2 Å². The number of nitrogens with zero attached hydrogens (tertiary/aromatic N) is 2. The fourth-order valence-corrected chi connectivity index (χ4v) is 2.04. The number of aryl methyl sites for hydroxylation is 1. The van der Waals surface area contributed by atoms with E-state index in [-0.39, 0.29) is 6.54 Å². The lowest BCUT2D eigenvalue weighted by Gasteiger charge is -2.15. The highest BCUT2D eigenvalue weighted by Crippen LogP contribution is 2.39.